The third-order valence-corrected chi connectivity index (χ3v) is 6.59. The van der Waals surface area contributed by atoms with E-state index >= 15 is 0 Å². The minimum absolute atomic E-state index is 0.00647. The minimum atomic E-state index is -0.195. The summed E-state index contributed by atoms with van der Waals surface area (Å²) in [6.45, 7) is 12.6. The molecule has 0 aromatic rings. The van der Waals surface area contributed by atoms with E-state index < -0.39 is 0 Å². The first kappa shape index (κ1) is 23.1. The van der Waals surface area contributed by atoms with E-state index in [1.165, 1.54) is 10.1 Å². The van der Waals surface area contributed by atoms with Crippen LogP contribution in [0, 0.1) is 16.7 Å². The Morgan fingerprint density at radius 1 is 1.18 bits per heavy atom. The van der Waals surface area contributed by atoms with Gasteiger partial charge in [-0.05, 0) is 55.8 Å². The van der Waals surface area contributed by atoms with Gasteiger partial charge in [0.05, 0.1) is 6.61 Å². The van der Waals surface area contributed by atoms with Gasteiger partial charge in [0.15, 0.2) is 0 Å². The van der Waals surface area contributed by atoms with Crippen LogP contribution in [0.4, 0.5) is 0 Å². The highest BCUT2D eigenvalue weighted by Gasteiger charge is 2.38. The molecule has 2 heterocycles. The van der Waals surface area contributed by atoms with Gasteiger partial charge in [-0.2, -0.15) is 10.1 Å². The molecule has 6 heteroatoms. The molecule has 0 amide bonds. The van der Waals surface area contributed by atoms with E-state index in [0.29, 0.717) is 45.6 Å². The van der Waals surface area contributed by atoms with Crippen molar-refractivity contribution in [2.45, 2.75) is 58.3 Å². The normalized spacial score (nSPS) is 32.0. The Balaban J connectivity index is 1.84. The average Bonchev–Trinajstić information content (AvgIpc) is 2.65. The monoisotopic (exact) mass is 394 g/mol. The summed E-state index contributed by atoms with van der Waals surface area (Å²) in [6.07, 6.45) is 10.3. The second-order valence-electron chi connectivity index (χ2n) is 8.93. The van der Waals surface area contributed by atoms with Gasteiger partial charge < -0.3 is 15.2 Å². The van der Waals surface area contributed by atoms with Gasteiger partial charge >= 0.3 is 5.97 Å². The molecule has 2 saturated heterocycles. The van der Waals surface area contributed by atoms with Crippen LogP contribution in [0.5, 0.6) is 0 Å². The fourth-order valence-electron chi connectivity index (χ4n) is 5.07. The topological polar surface area (TPSA) is 73.2 Å². The molecule has 0 saturated carbocycles. The van der Waals surface area contributed by atoms with Crippen LogP contribution in [0.1, 0.15) is 58.3 Å². The number of carbonyl (C=O) groups excluding carboxylic acids is 1. The van der Waals surface area contributed by atoms with E-state index in [9.17, 15) is 15.2 Å². The van der Waals surface area contributed by atoms with Crippen molar-refractivity contribution in [2.24, 2.45) is 16.7 Å². The molecule has 3 atom stereocenters. The largest absolute Gasteiger partial charge is 0.465 e. The van der Waals surface area contributed by atoms with Crippen molar-refractivity contribution in [3.8, 4) is 0 Å². The molecular formula is C22H38N2O4. The first-order chi connectivity index (χ1) is 13.4. The summed E-state index contributed by atoms with van der Waals surface area (Å²) >= 11 is 0. The average molecular weight is 395 g/mol. The van der Waals surface area contributed by atoms with Gasteiger partial charge in [-0.1, -0.05) is 19.1 Å². The number of hydrogen-bond acceptors (Lipinski definition) is 6. The van der Waals surface area contributed by atoms with Gasteiger partial charge in [-0.25, -0.2) is 0 Å². The van der Waals surface area contributed by atoms with Crippen LogP contribution < -0.4 is 0 Å². The summed E-state index contributed by atoms with van der Waals surface area (Å²) in [6, 6.07) is 0. The third kappa shape index (κ3) is 6.41. The first-order valence-corrected chi connectivity index (χ1v) is 10.6. The van der Waals surface area contributed by atoms with Gasteiger partial charge in [0.25, 0.3) is 0 Å². The van der Waals surface area contributed by atoms with Crippen LogP contribution in [0.25, 0.3) is 0 Å². The number of esters is 1. The van der Waals surface area contributed by atoms with Crippen molar-refractivity contribution in [1.82, 2.24) is 10.1 Å². The number of piperidine rings is 2. The Morgan fingerprint density at radius 3 is 2.50 bits per heavy atom. The van der Waals surface area contributed by atoms with Crippen LogP contribution >= 0.6 is 0 Å². The van der Waals surface area contributed by atoms with Gasteiger partial charge in [-0.15, -0.1) is 13.2 Å². The fraction of sp³-hybridized carbons (Fsp3) is 0.773. The number of ether oxygens (including phenoxy) is 1. The molecule has 2 N–H and O–H groups in total. The van der Waals surface area contributed by atoms with Crippen molar-refractivity contribution in [2.75, 3.05) is 32.8 Å². The third-order valence-electron chi connectivity index (χ3n) is 6.59. The van der Waals surface area contributed by atoms with E-state index in [2.05, 4.69) is 20.1 Å². The lowest BCUT2D eigenvalue weighted by Gasteiger charge is -2.43. The smallest absolute Gasteiger partial charge is 0.305 e. The zero-order valence-corrected chi connectivity index (χ0v) is 17.4. The summed E-state index contributed by atoms with van der Waals surface area (Å²) in [5.41, 5.74) is -0.0889. The van der Waals surface area contributed by atoms with E-state index in [4.69, 9.17) is 4.74 Å². The maximum atomic E-state index is 12.4. The molecule has 1 unspecified atom stereocenters. The maximum absolute atomic E-state index is 12.4. The second-order valence-corrected chi connectivity index (χ2v) is 8.93. The number of nitrogens with zero attached hydrogens (tertiary/aromatic N) is 2. The zero-order valence-electron chi connectivity index (χ0n) is 17.4. The van der Waals surface area contributed by atoms with Crippen molar-refractivity contribution >= 4 is 5.97 Å². The predicted octanol–water partition coefficient (Wildman–Crippen LogP) is 4.04. The standard InChI is InChI=1S/C22H38N2O4/c1-4-9-21(6-3)14-19(15-24(27)17-21)16-28-20(25)8-12-22(10-5-2)11-7-13-23(26)18-22/h4-5,19,26-27H,1-2,6-18H2,3H3/t19?,21-,22-/m1/s1. The quantitative estimate of drug-likeness (QED) is 0.430. The molecular weight excluding hydrogens is 356 g/mol. The molecule has 2 aliphatic heterocycles. The highest BCUT2D eigenvalue weighted by molar-refractivity contribution is 5.69. The molecule has 2 aliphatic rings. The Hall–Kier alpha value is -1.21. The highest BCUT2D eigenvalue weighted by atomic mass is 16.5. The Morgan fingerprint density at radius 2 is 1.86 bits per heavy atom. The second kappa shape index (κ2) is 10.5. The van der Waals surface area contributed by atoms with E-state index in [0.717, 1.165) is 38.5 Å². The van der Waals surface area contributed by atoms with E-state index in [1.807, 2.05) is 12.2 Å². The summed E-state index contributed by atoms with van der Waals surface area (Å²) in [5.74, 6) is -0.0632. The summed E-state index contributed by atoms with van der Waals surface area (Å²) in [5, 5.41) is 22.8. The molecule has 0 radical (unpaired) electrons. The van der Waals surface area contributed by atoms with Crippen molar-refractivity contribution in [3.63, 3.8) is 0 Å². The highest BCUT2D eigenvalue weighted by Crippen LogP contribution is 2.40. The SMILES string of the molecule is C=CC[C@]1(CCC(=O)OCC2CN(O)C[C@](CC)(CC=C)C2)CCCN(O)C1. The lowest BCUT2D eigenvalue weighted by Crippen LogP contribution is -2.46. The van der Waals surface area contributed by atoms with Crippen LogP contribution in [0.2, 0.25) is 0 Å². The Kier molecular flexibility index (Phi) is 8.68. The van der Waals surface area contributed by atoms with Crippen molar-refractivity contribution < 1.29 is 19.9 Å². The molecule has 6 nitrogen and oxygen atoms in total. The van der Waals surface area contributed by atoms with Gasteiger partial charge in [0, 0.05) is 38.5 Å². The number of carbonyl (C=O) groups is 1. The van der Waals surface area contributed by atoms with Crippen LogP contribution in [0.3, 0.4) is 0 Å². The van der Waals surface area contributed by atoms with Crippen LogP contribution in [-0.4, -0.2) is 59.3 Å². The summed E-state index contributed by atoms with van der Waals surface area (Å²) < 4.78 is 5.58. The molecule has 0 aromatic heterocycles. The van der Waals surface area contributed by atoms with Gasteiger partial charge in [-0.3, -0.25) is 4.79 Å². The minimum Gasteiger partial charge on any atom is -0.465 e. The number of allylic oxidation sites excluding steroid dienone is 2. The molecule has 0 aliphatic carbocycles. The molecule has 0 spiro atoms. The lowest BCUT2D eigenvalue weighted by atomic mass is 9.72. The van der Waals surface area contributed by atoms with Crippen molar-refractivity contribution in [3.05, 3.63) is 25.3 Å². The molecule has 28 heavy (non-hydrogen) atoms. The zero-order chi connectivity index (χ0) is 20.6. The van der Waals surface area contributed by atoms with Crippen LogP contribution in [-0.2, 0) is 9.53 Å². The summed E-state index contributed by atoms with van der Waals surface area (Å²) in [7, 11) is 0. The van der Waals surface area contributed by atoms with Gasteiger partial charge in [0.2, 0.25) is 0 Å². The molecule has 2 fully saturated rings. The molecule has 160 valence electrons. The first-order valence-electron chi connectivity index (χ1n) is 10.6. The molecule has 0 aromatic carbocycles. The number of hydrogen-bond donors (Lipinski definition) is 2. The lowest BCUT2D eigenvalue weighted by molar-refractivity contribution is -0.169. The van der Waals surface area contributed by atoms with E-state index in [1.54, 1.807) is 0 Å². The molecule has 2 rings (SSSR count). The van der Waals surface area contributed by atoms with E-state index in [-0.39, 0.29) is 22.7 Å². The Labute approximate surface area is 169 Å². The summed E-state index contributed by atoms with van der Waals surface area (Å²) in [4.78, 5) is 12.4. The van der Waals surface area contributed by atoms with Crippen molar-refractivity contribution in [1.29, 1.82) is 0 Å². The van der Waals surface area contributed by atoms with Gasteiger partial charge in [0.1, 0.15) is 0 Å². The Bertz CT molecular complexity index is 541. The maximum Gasteiger partial charge on any atom is 0.305 e. The fourth-order valence-corrected chi connectivity index (χ4v) is 5.07. The molecule has 0 bridgehead atoms. The van der Waals surface area contributed by atoms with Crippen LogP contribution in [0.15, 0.2) is 25.3 Å². The number of rotatable bonds is 10. The predicted molar refractivity (Wildman–Crippen MR) is 109 cm³/mol. The number of hydroxylamine groups is 4.